The van der Waals surface area contributed by atoms with Crippen molar-refractivity contribution in [1.82, 2.24) is 0 Å². The molecule has 0 unspecified atom stereocenters. The van der Waals surface area contributed by atoms with E-state index in [0.29, 0.717) is 0 Å². The third kappa shape index (κ3) is 2.41. The highest BCUT2D eigenvalue weighted by Gasteiger charge is 2.04. The standard InChI is InChI=1S/C13H11NS2/c1-9-3-5-12(15-9)7-11(8-14)13-6-4-10(2)16-13/h3-7H,1-2H3/b11-7+. The summed E-state index contributed by atoms with van der Waals surface area (Å²) >= 11 is 3.37. The number of aryl methyl sites for hydroxylation is 2. The summed E-state index contributed by atoms with van der Waals surface area (Å²) in [7, 11) is 0. The highest BCUT2D eigenvalue weighted by Crippen LogP contribution is 2.27. The molecule has 0 bridgehead atoms. The van der Waals surface area contributed by atoms with Crippen LogP contribution < -0.4 is 0 Å². The quantitative estimate of drug-likeness (QED) is 0.715. The van der Waals surface area contributed by atoms with E-state index in [1.807, 2.05) is 18.2 Å². The largest absolute Gasteiger partial charge is 0.192 e. The van der Waals surface area contributed by atoms with Crippen LogP contribution in [0.1, 0.15) is 19.5 Å². The van der Waals surface area contributed by atoms with Crippen LogP contribution in [-0.2, 0) is 0 Å². The van der Waals surface area contributed by atoms with Gasteiger partial charge in [0.25, 0.3) is 0 Å². The predicted octanol–water partition coefficient (Wildman–Crippen LogP) is 4.49. The van der Waals surface area contributed by atoms with Crippen LogP contribution in [0.15, 0.2) is 24.3 Å². The molecule has 0 aliphatic carbocycles. The molecule has 2 aromatic rings. The first-order valence-electron chi connectivity index (χ1n) is 4.94. The van der Waals surface area contributed by atoms with Crippen LogP contribution in [0.25, 0.3) is 11.6 Å². The van der Waals surface area contributed by atoms with Gasteiger partial charge in [-0.3, -0.25) is 0 Å². The summed E-state index contributed by atoms with van der Waals surface area (Å²) in [6.45, 7) is 4.13. The van der Waals surface area contributed by atoms with E-state index >= 15 is 0 Å². The van der Waals surface area contributed by atoms with Crippen molar-refractivity contribution in [2.45, 2.75) is 13.8 Å². The van der Waals surface area contributed by atoms with Gasteiger partial charge >= 0.3 is 0 Å². The normalized spacial score (nSPS) is 11.4. The van der Waals surface area contributed by atoms with Crippen LogP contribution in [-0.4, -0.2) is 0 Å². The number of hydrogen-bond acceptors (Lipinski definition) is 3. The average molecular weight is 245 g/mol. The van der Waals surface area contributed by atoms with Crippen molar-refractivity contribution in [3.05, 3.63) is 43.8 Å². The zero-order valence-corrected chi connectivity index (χ0v) is 10.8. The van der Waals surface area contributed by atoms with E-state index in [4.69, 9.17) is 5.26 Å². The molecule has 0 aliphatic rings. The monoisotopic (exact) mass is 245 g/mol. The molecular weight excluding hydrogens is 234 g/mol. The summed E-state index contributed by atoms with van der Waals surface area (Å²) in [4.78, 5) is 4.69. The number of nitriles is 1. The third-order valence-electron chi connectivity index (χ3n) is 2.17. The Morgan fingerprint density at radius 3 is 2.31 bits per heavy atom. The van der Waals surface area contributed by atoms with Crippen molar-refractivity contribution in [3.63, 3.8) is 0 Å². The highest BCUT2D eigenvalue weighted by atomic mass is 32.1. The van der Waals surface area contributed by atoms with Crippen molar-refractivity contribution in [2.24, 2.45) is 0 Å². The minimum Gasteiger partial charge on any atom is -0.192 e. The molecule has 80 valence electrons. The van der Waals surface area contributed by atoms with Crippen LogP contribution in [0.3, 0.4) is 0 Å². The fraction of sp³-hybridized carbons (Fsp3) is 0.154. The highest BCUT2D eigenvalue weighted by molar-refractivity contribution is 7.14. The Labute approximate surface area is 103 Å². The van der Waals surface area contributed by atoms with Crippen molar-refractivity contribution in [1.29, 1.82) is 5.26 Å². The first-order valence-corrected chi connectivity index (χ1v) is 6.57. The van der Waals surface area contributed by atoms with Gasteiger partial charge in [0.2, 0.25) is 0 Å². The van der Waals surface area contributed by atoms with E-state index in [1.54, 1.807) is 22.7 Å². The Morgan fingerprint density at radius 1 is 1.12 bits per heavy atom. The van der Waals surface area contributed by atoms with Crippen LogP contribution in [0.5, 0.6) is 0 Å². The second kappa shape index (κ2) is 4.65. The molecule has 0 aliphatic heterocycles. The fourth-order valence-electron chi connectivity index (χ4n) is 1.41. The third-order valence-corrected chi connectivity index (χ3v) is 4.16. The number of allylic oxidation sites excluding steroid dienone is 1. The fourth-order valence-corrected chi connectivity index (χ4v) is 3.07. The van der Waals surface area contributed by atoms with Crippen molar-refractivity contribution in [3.8, 4) is 6.07 Å². The van der Waals surface area contributed by atoms with Crippen LogP contribution in [0.4, 0.5) is 0 Å². The molecular formula is C13H11NS2. The van der Waals surface area contributed by atoms with E-state index in [0.717, 1.165) is 15.3 Å². The molecule has 0 saturated heterocycles. The van der Waals surface area contributed by atoms with Gasteiger partial charge in [-0.15, -0.1) is 22.7 Å². The summed E-state index contributed by atoms with van der Waals surface area (Å²) in [6.07, 6.45) is 1.96. The lowest BCUT2D eigenvalue weighted by Crippen LogP contribution is -1.73. The van der Waals surface area contributed by atoms with E-state index < -0.39 is 0 Å². The Morgan fingerprint density at radius 2 is 1.81 bits per heavy atom. The van der Waals surface area contributed by atoms with Gasteiger partial charge in [0.05, 0.1) is 5.57 Å². The molecule has 0 atom stereocenters. The van der Waals surface area contributed by atoms with Gasteiger partial charge in [0, 0.05) is 19.5 Å². The molecule has 2 heterocycles. The van der Waals surface area contributed by atoms with Gasteiger partial charge in [-0.1, -0.05) is 0 Å². The maximum atomic E-state index is 9.15. The average Bonchev–Trinajstić information content (AvgIpc) is 2.84. The van der Waals surface area contributed by atoms with Crippen LogP contribution >= 0.6 is 22.7 Å². The molecule has 0 spiro atoms. The summed E-state index contributed by atoms with van der Waals surface area (Å²) in [5.74, 6) is 0. The topological polar surface area (TPSA) is 23.8 Å². The minimum absolute atomic E-state index is 0.750. The zero-order chi connectivity index (χ0) is 11.5. The van der Waals surface area contributed by atoms with Gasteiger partial charge < -0.3 is 0 Å². The maximum Gasteiger partial charge on any atom is 0.101 e. The minimum atomic E-state index is 0.750. The molecule has 0 amide bonds. The number of rotatable bonds is 2. The molecule has 0 fully saturated rings. The first kappa shape index (κ1) is 11.1. The van der Waals surface area contributed by atoms with E-state index in [-0.39, 0.29) is 0 Å². The zero-order valence-electron chi connectivity index (χ0n) is 9.15. The second-order valence-electron chi connectivity index (χ2n) is 3.53. The Hall–Kier alpha value is -1.37. The lowest BCUT2D eigenvalue weighted by Gasteiger charge is -1.92. The Balaban J connectivity index is 2.37. The summed E-state index contributed by atoms with van der Waals surface area (Å²) in [5.41, 5.74) is 0.750. The lowest BCUT2D eigenvalue weighted by atomic mass is 10.2. The molecule has 0 aromatic carbocycles. The smallest absolute Gasteiger partial charge is 0.101 e. The summed E-state index contributed by atoms with van der Waals surface area (Å²) < 4.78 is 0. The summed E-state index contributed by atoms with van der Waals surface area (Å²) in [5, 5.41) is 9.15. The maximum absolute atomic E-state index is 9.15. The predicted molar refractivity (Wildman–Crippen MR) is 71.6 cm³/mol. The summed E-state index contributed by atoms with van der Waals surface area (Å²) in [6, 6.07) is 10.5. The van der Waals surface area contributed by atoms with Gasteiger partial charge in [-0.2, -0.15) is 5.26 Å². The molecule has 0 saturated carbocycles. The molecule has 3 heteroatoms. The molecule has 2 aromatic heterocycles. The number of nitrogens with zero attached hydrogens (tertiary/aromatic N) is 1. The molecule has 0 radical (unpaired) electrons. The number of hydrogen-bond donors (Lipinski definition) is 0. The van der Waals surface area contributed by atoms with E-state index in [1.165, 1.54) is 9.75 Å². The number of thiophene rings is 2. The van der Waals surface area contributed by atoms with E-state index in [9.17, 15) is 0 Å². The van der Waals surface area contributed by atoms with E-state index in [2.05, 4.69) is 32.0 Å². The van der Waals surface area contributed by atoms with Gasteiger partial charge in [-0.25, -0.2) is 0 Å². The molecule has 16 heavy (non-hydrogen) atoms. The molecule has 0 N–H and O–H groups in total. The van der Waals surface area contributed by atoms with Gasteiger partial charge in [0.1, 0.15) is 6.07 Å². The Kier molecular flexibility index (Phi) is 3.23. The van der Waals surface area contributed by atoms with Crippen molar-refractivity contribution >= 4 is 34.3 Å². The molecule has 2 rings (SSSR count). The lowest BCUT2D eigenvalue weighted by molar-refractivity contribution is 1.54. The van der Waals surface area contributed by atoms with Crippen LogP contribution in [0, 0.1) is 25.2 Å². The van der Waals surface area contributed by atoms with Crippen molar-refractivity contribution < 1.29 is 0 Å². The van der Waals surface area contributed by atoms with Gasteiger partial charge in [-0.05, 0) is 44.2 Å². The van der Waals surface area contributed by atoms with Crippen LogP contribution in [0.2, 0.25) is 0 Å². The first-order chi connectivity index (χ1) is 7.69. The Bertz CT molecular complexity index is 567. The molecule has 1 nitrogen and oxygen atoms in total. The second-order valence-corrected chi connectivity index (χ2v) is 6.14. The van der Waals surface area contributed by atoms with Gasteiger partial charge in [0.15, 0.2) is 0 Å². The SMILES string of the molecule is Cc1ccc(/C=C(\C#N)c2ccc(C)s2)s1. The van der Waals surface area contributed by atoms with Crippen molar-refractivity contribution in [2.75, 3.05) is 0 Å².